The normalized spacial score (nSPS) is 13.5. The van der Waals surface area contributed by atoms with Gasteiger partial charge in [0.25, 0.3) is 5.91 Å². The van der Waals surface area contributed by atoms with E-state index in [0.717, 1.165) is 11.3 Å². The Morgan fingerprint density at radius 1 is 1.39 bits per heavy atom. The molecule has 0 saturated heterocycles. The van der Waals surface area contributed by atoms with Gasteiger partial charge in [0.05, 0.1) is 18.4 Å². The second-order valence-corrected chi connectivity index (χ2v) is 6.31. The molecule has 0 unspecified atom stereocenters. The van der Waals surface area contributed by atoms with Crippen LogP contribution in [0.4, 0.5) is 10.5 Å². The molecule has 122 valence electrons. The number of hydrogen-bond acceptors (Lipinski definition) is 4. The summed E-state index contributed by atoms with van der Waals surface area (Å²) in [5.41, 5.74) is 1.89. The van der Waals surface area contributed by atoms with Crippen molar-refractivity contribution < 1.29 is 14.3 Å². The van der Waals surface area contributed by atoms with Crippen LogP contribution in [0.25, 0.3) is 0 Å². The van der Waals surface area contributed by atoms with E-state index in [0.29, 0.717) is 25.2 Å². The summed E-state index contributed by atoms with van der Waals surface area (Å²) < 4.78 is 5.40. The predicted molar refractivity (Wildman–Crippen MR) is 86.7 cm³/mol. The molecular formula is C17H21N3O3. The summed E-state index contributed by atoms with van der Waals surface area (Å²) in [4.78, 5) is 29.7. The Morgan fingerprint density at radius 2 is 2.13 bits per heavy atom. The number of amides is 2. The van der Waals surface area contributed by atoms with E-state index in [2.05, 4.69) is 22.1 Å². The molecule has 1 aliphatic rings. The van der Waals surface area contributed by atoms with E-state index in [1.807, 2.05) is 26.8 Å². The Labute approximate surface area is 136 Å². The maximum Gasteiger partial charge on any atom is 0.410 e. The highest BCUT2D eigenvalue weighted by atomic mass is 16.6. The number of nitrogens with zero attached hydrogens (tertiary/aromatic N) is 2. The van der Waals surface area contributed by atoms with Crippen molar-refractivity contribution in [2.24, 2.45) is 0 Å². The summed E-state index contributed by atoms with van der Waals surface area (Å²) in [6.07, 6.45) is 1.93. The largest absolute Gasteiger partial charge is 0.444 e. The number of fused-ring (bicyclic) bond motifs is 1. The van der Waals surface area contributed by atoms with Gasteiger partial charge in [-0.2, -0.15) is 0 Å². The van der Waals surface area contributed by atoms with Gasteiger partial charge in [-0.25, -0.2) is 4.79 Å². The number of carbonyl (C=O) groups excluding carboxylic acids is 2. The van der Waals surface area contributed by atoms with Crippen LogP contribution in [-0.4, -0.2) is 34.0 Å². The Bertz CT molecular complexity index is 681. The van der Waals surface area contributed by atoms with Crippen molar-refractivity contribution in [2.75, 3.05) is 11.9 Å². The zero-order valence-electron chi connectivity index (χ0n) is 13.9. The van der Waals surface area contributed by atoms with E-state index >= 15 is 0 Å². The van der Waals surface area contributed by atoms with Crippen molar-refractivity contribution in [3.63, 3.8) is 0 Å². The molecule has 0 fully saturated rings. The van der Waals surface area contributed by atoms with E-state index in [-0.39, 0.29) is 12.0 Å². The van der Waals surface area contributed by atoms with Gasteiger partial charge in [-0.05, 0) is 45.2 Å². The zero-order chi connectivity index (χ0) is 17.0. The lowest BCUT2D eigenvalue weighted by molar-refractivity contribution is -0.111. The number of pyridine rings is 1. The Morgan fingerprint density at radius 3 is 2.78 bits per heavy atom. The van der Waals surface area contributed by atoms with E-state index < -0.39 is 5.60 Å². The van der Waals surface area contributed by atoms with Crippen molar-refractivity contribution in [1.82, 2.24) is 9.88 Å². The maximum absolute atomic E-state index is 12.2. The van der Waals surface area contributed by atoms with Crippen LogP contribution in [0, 0.1) is 11.8 Å². The minimum atomic E-state index is -0.524. The Hall–Kier alpha value is -2.55. The fourth-order valence-corrected chi connectivity index (χ4v) is 2.25. The lowest BCUT2D eigenvalue weighted by Gasteiger charge is -2.30. The summed E-state index contributed by atoms with van der Waals surface area (Å²) in [5.74, 6) is 4.58. The third-order valence-electron chi connectivity index (χ3n) is 3.19. The van der Waals surface area contributed by atoms with Gasteiger partial charge < -0.3 is 15.0 Å². The molecule has 6 heteroatoms. The van der Waals surface area contributed by atoms with Crippen LogP contribution in [0.2, 0.25) is 0 Å². The molecule has 1 aromatic heterocycles. The van der Waals surface area contributed by atoms with Gasteiger partial charge in [0, 0.05) is 18.7 Å². The van der Waals surface area contributed by atoms with E-state index in [9.17, 15) is 9.59 Å². The van der Waals surface area contributed by atoms with Crippen LogP contribution < -0.4 is 5.32 Å². The fourth-order valence-electron chi connectivity index (χ4n) is 2.25. The van der Waals surface area contributed by atoms with Gasteiger partial charge in [-0.3, -0.25) is 9.78 Å². The molecule has 0 saturated carbocycles. The highest BCUT2D eigenvalue weighted by Crippen LogP contribution is 2.22. The lowest BCUT2D eigenvalue weighted by Crippen LogP contribution is -2.40. The van der Waals surface area contributed by atoms with Crippen LogP contribution in [-0.2, 0) is 22.5 Å². The number of carbonyl (C=O) groups is 2. The Balaban J connectivity index is 2.10. The third kappa shape index (κ3) is 4.71. The average molecular weight is 315 g/mol. The first kappa shape index (κ1) is 16.8. The number of anilines is 1. The average Bonchev–Trinajstić information content (AvgIpc) is 2.45. The number of hydrogen-bond donors (Lipinski definition) is 1. The molecule has 2 heterocycles. The van der Waals surface area contributed by atoms with Gasteiger partial charge in [-0.1, -0.05) is 5.92 Å². The first-order valence-corrected chi connectivity index (χ1v) is 7.48. The van der Waals surface area contributed by atoms with Gasteiger partial charge >= 0.3 is 6.09 Å². The molecule has 0 radical (unpaired) electrons. The van der Waals surface area contributed by atoms with Crippen LogP contribution in [0.3, 0.4) is 0 Å². The second kappa shape index (κ2) is 6.69. The number of nitrogens with one attached hydrogen (secondary N) is 1. The molecule has 0 aliphatic carbocycles. The summed E-state index contributed by atoms with van der Waals surface area (Å²) in [6.45, 7) is 8.11. The summed E-state index contributed by atoms with van der Waals surface area (Å²) >= 11 is 0. The number of aromatic nitrogens is 1. The molecule has 1 N–H and O–H groups in total. The molecule has 0 bridgehead atoms. The molecular weight excluding hydrogens is 294 g/mol. The van der Waals surface area contributed by atoms with Crippen LogP contribution >= 0.6 is 0 Å². The fraction of sp³-hybridized carbons (Fsp3) is 0.471. The minimum Gasteiger partial charge on any atom is -0.444 e. The zero-order valence-corrected chi connectivity index (χ0v) is 13.9. The minimum absolute atomic E-state index is 0.338. The van der Waals surface area contributed by atoms with Crippen LogP contribution in [0.5, 0.6) is 0 Å². The van der Waals surface area contributed by atoms with Crippen LogP contribution in [0.1, 0.15) is 39.0 Å². The van der Waals surface area contributed by atoms with E-state index in [1.54, 1.807) is 18.0 Å². The van der Waals surface area contributed by atoms with Crippen LogP contribution in [0.15, 0.2) is 12.3 Å². The molecule has 2 rings (SSSR count). The summed E-state index contributed by atoms with van der Waals surface area (Å²) in [6, 6.07) is 1.83. The van der Waals surface area contributed by atoms with Crippen molar-refractivity contribution in [3.8, 4) is 11.8 Å². The van der Waals surface area contributed by atoms with Crippen molar-refractivity contribution in [3.05, 3.63) is 23.5 Å². The first-order valence-electron chi connectivity index (χ1n) is 7.48. The molecule has 1 aromatic rings. The summed E-state index contributed by atoms with van der Waals surface area (Å²) in [7, 11) is 0. The molecule has 2 amide bonds. The van der Waals surface area contributed by atoms with E-state index in [4.69, 9.17) is 4.74 Å². The summed E-state index contributed by atoms with van der Waals surface area (Å²) in [5, 5.41) is 2.67. The highest BCUT2D eigenvalue weighted by molar-refractivity contribution is 6.03. The van der Waals surface area contributed by atoms with Gasteiger partial charge in [0.1, 0.15) is 5.60 Å². The molecule has 1 aliphatic heterocycles. The quantitative estimate of drug-likeness (QED) is 0.807. The maximum atomic E-state index is 12.2. The number of rotatable bonds is 1. The van der Waals surface area contributed by atoms with E-state index in [1.165, 1.54) is 0 Å². The predicted octanol–water partition coefficient (Wildman–Crippen LogP) is 2.34. The van der Waals surface area contributed by atoms with Gasteiger partial charge in [0.15, 0.2) is 0 Å². The lowest BCUT2D eigenvalue weighted by atomic mass is 10.1. The smallest absolute Gasteiger partial charge is 0.410 e. The third-order valence-corrected chi connectivity index (χ3v) is 3.19. The molecule has 6 nitrogen and oxygen atoms in total. The SMILES string of the molecule is CC#CC(=O)Nc1cnc2c(c1)CN(C(=O)OC(C)(C)C)CC2. The Kier molecular flexibility index (Phi) is 4.89. The molecule has 0 aromatic carbocycles. The van der Waals surface area contributed by atoms with Gasteiger partial charge in [0.2, 0.25) is 0 Å². The topological polar surface area (TPSA) is 71.5 Å². The molecule has 23 heavy (non-hydrogen) atoms. The number of ether oxygens (including phenoxy) is 1. The monoisotopic (exact) mass is 315 g/mol. The van der Waals surface area contributed by atoms with Gasteiger partial charge in [-0.15, -0.1) is 0 Å². The van der Waals surface area contributed by atoms with Crippen molar-refractivity contribution >= 4 is 17.7 Å². The molecule has 0 atom stereocenters. The second-order valence-electron chi connectivity index (χ2n) is 6.31. The van der Waals surface area contributed by atoms with Crippen molar-refractivity contribution in [2.45, 2.75) is 46.3 Å². The molecule has 0 spiro atoms. The van der Waals surface area contributed by atoms with Crippen molar-refractivity contribution in [1.29, 1.82) is 0 Å². The highest BCUT2D eigenvalue weighted by Gasteiger charge is 2.26. The standard InChI is InChI=1S/C17H21N3O3/c1-5-6-15(21)19-13-9-12-11-20(8-7-14(12)18-10-13)16(22)23-17(2,3)4/h9-10H,7-8,11H2,1-4H3,(H,19,21). The first-order chi connectivity index (χ1) is 10.8.